The normalized spacial score (nSPS) is 12.4. The SMILES string of the molecule is CCCC(CCCC(=O)c1ccc(-c2ccc(C(F)(F)F)cc2)cc1)Cn1cc2c(O)c(C(=O)NCCOC)ccc2n1. The molecule has 0 saturated heterocycles. The van der Waals surface area contributed by atoms with Gasteiger partial charge in [-0.1, -0.05) is 49.7 Å². The van der Waals surface area contributed by atoms with Gasteiger partial charge in [-0.05, 0) is 60.6 Å². The summed E-state index contributed by atoms with van der Waals surface area (Å²) in [7, 11) is 1.54. The number of rotatable bonds is 14. The average molecular weight is 596 g/mol. The lowest BCUT2D eigenvalue weighted by Gasteiger charge is -2.16. The Bertz CT molecular complexity index is 1530. The zero-order valence-corrected chi connectivity index (χ0v) is 24.3. The molecule has 1 amide bonds. The van der Waals surface area contributed by atoms with Gasteiger partial charge < -0.3 is 15.2 Å². The number of amides is 1. The van der Waals surface area contributed by atoms with Crippen molar-refractivity contribution in [2.45, 2.75) is 51.7 Å². The van der Waals surface area contributed by atoms with E-state index < -0.39 is 11.7 Å². The van der Waals surface area contributed by atoms with Crippen LogP contribution in [0.3, 0.4) is 0 Å². The molecule has 0 aliphatic rings. The van der Waals surface area contributed by atoms with Crippen LogP contribution in [0.1, 0.15) is 65.3 Å². The molecule has 7 nitrogen and oxygen atoms in total. The maximum Gasteiger partial charge on any atom is 0.416 e. The fraction of sp³-hybridized carbons (Fsp3) is 0.364. The van der Waals surface area contributed by atoms with E-state index in [9.17, 15) is 27.9 Å². The Morgan fingerprint density at radius 1 is 1.00 bits per heavy atom. The number of phenols is 1. The van der Waals surface area contributed by atoms with Crippen molar-refractivity contribution >= 4 is 22.6 Å². The number of carbonyl (C=O) groups excluding carboxylic acids is 2. The lowest BCUT2D eigenvalue weighted by Crippen LogP contribution is -2.26. The minimum absolute atomic E-state index is 0.0141. The summed E-state index contributed by atoms with van der Waals surface area (Å²) in [5.74, 6) is -0.207. The van der Waals surface area contributed by atoms with Gasteiger partial charge in [-0.25, -0.2) is 0 Å². The Kier molecular flexibility index (Phi) is 10.6. The first-order chi connectivity index (χ1) is 20.6. The minimum Gasteiger partial charge on any atom is -0.506 e. The number of ketones is 1. The fourth-order valence-electron chi connectivity index (χ4n) is 5.16. The van der Waals surface area contributed by atoms with Crippen molar-refractivity contribution in [3.05, 3.63) is 83.6 Å². The van der Waals surface area contributed by atoms with E-state index in [0.717, 1.165) is 37.0 Å². The lowest BCUT2D eigenvalue weighted by molar-refractivity contribution is -0.137. The molecule has 0 fully saturated rings. The van der Waals surface area contributed by atoms with E-state index >= 15 is 0 Å². The summed E-state index contributed by atoms with van der Waals surface area (Å²) in [6.45, 7) is 3.43. The molecule has 1 unspecified atom stereocenters. The maximum atomic E-state index is 12.9. The lowest BCUT2D eigenvalue weighted by atomic mass is 9.94. The van der Waals surface area contributed by atoms with Crippen molar-refractivity contribution in [1.29, 1.82) is 0 Å². The van der Waals surface area contributed by atoms with Gasteiger partial charge in [0, 0.05) is 38.4 Å². The molecule has 0 spiro atoms. The van der Waals surface area contributed by atoms with Crippen LogP contribution in [-0.2, 0) is 17.5 Å². The molecule has 4 aromatic rings. The Morgan fingerprint density at radius 3 is 2.30 bits per heavy atom. The number of hydrogen-bond acceptors (Lipinski definition) is 5. The molecule has 4 rings (SSSR count). The standard InChI is InChI=1S/C33H36F3N3O4/c1-3-5-22(20-39-21-28-29(38-39)17-16-27(31(28)41)32(42)37-18-19-43-2)6-4-7-30(40)25-10-8-23(9-11-25)24-12-14-26(15-13-24)33(34,35)36/h8-17,21-22,41H,3-7,18-20H2,1-2H3,(H,37,42). The summed E-state index contributed by atoms with van der Waals surface area (Å²) >= 11 is 0. The molecule has 10 heteroatoms. The van der Waals surface area contributed by atoms with Crippen molar-refractivity contribution in [2.24, 2.45) is 5.92 Å². The largest absolute Gasteiger partial charge is 0.506 e. The van der Waals surface area contributed by atoms with E-state index in [1.165, 1.54) is 12.1 Å². The third kappa shape index (κ3) is 8.22. The number of benzene rings is 3. The first-order valence-corrected chi connectivity index (χ1v) is 14.4. The fourth-order valence-corrected chi connectivity index (χ4v) is 5.16. The Morgan fingerprint density at radius 2 is 1.67 bits per heavy atom. The zero-order valence-electron chi connectivity index (χ0n) is 24.3. The van der Waals surface area contributed by atoms with Gasteiger partial charge in [0.1, 0.15) is 5.75 Å². The first kappa shape index (κ1) is 31.7. The van der Waals surface area contributed by atoms with Gasteiger partial charge >= 0.3 is 6.18 Å². The second-order valence-electron chi connectivity index (χ2n) is 10.6. The summed E-state index contributed by atoms with van der Waals surface area (Å²) < 4.78 is 45.3. The van der Waals surface area contributed by atoms with Gasteiger partial charge in [-0.3, -0.25) is 14.3 Å². The smallest absolute Gasteiger partial charge is 0.416 e. The molecule has 228 valence electrons. The van der Waals surface area contributed by atoms with Crippen molar-refractivity contribution in [3.63, 3.8) is 0 Å². The van der Waals surface area contributed by atoms with Crippen LogP contribution < -0.4 is 5.32 Å². The number of fused-ring (bicyclic) bond motifs is 1. The van der Waals surface area contributed by atoms with Crippen LogP contribution >= 0.6 is 0 Å². The molecular weight excluding hydrogens is 559 g/mol. The number of ether oxygens (including phenoxy) is 1. The second-order valence-corrected chi connectivity index (χ2v) is 10.6. The molecule has 0 bridgehead atoms. The Balaban J connectivity index is 1.33. The molecule has 0 aliphatic carbocycles. The number of carbonyl (C=O) groups is 2. The average Bonchev–Trinajstić information content (AvgIpc) is 3.40. The molecule has 1 aromatic heterocycles. The highest BCUT2D eigenvalue weighted by atomic mass is 19.4. The Labute approximate surface area is 248 Å². The minimum atomic E-state index is -4.38. The third-order valence-electron chi connectivity index (χ3n) is 7.46. The van der Waals surface area contributed by atoms with E-state index in [2.05, 4.69) is 17.3 Å². The molecule has 0 radical (unpaired) electrons. The molecule has 1 heterocycles. The van der Waals surface area contributed by atoms with Gasteiger partial charge in [0.05, 0.1) is 28.6 Å². The summed E-state index contributed by atoms with van der Waals surface area (Å²) in [6, 6.07) is 15.2. The highest BCUT2D eigenvalue weighted by Crippen LogP contribution is 2.32. The molecule has 2 N–H and O–H groups in total. The first-order valence-electron chi connectivity index (χ1n) is 14.4. The predicted molar refractivity (Wildman–Crippen MR) is 159 cm³/mol. The van der Waals surface area contributed by atoms with Gasteiger partial charge in [-0.2, -0.15) is 18.3 Å². The summed E-state index contributed by atoms with van der Waals surface area (Å²) in [6.07, 6.45) is 1.19. The number of aromatic hydroxyl groups is 1. The number of nitrogens with one attached hydrogen (secondary N) is 1. The van der Waals surface area contributed by atoms with E-state index in [1.54, 1.807) is 54.4 Å². The molecule has 1 atom stereocenters. The molecule has 43 heavy (non-hydrogen) atoms. The highest BCUT2D eigenvalue weighted by Gasteiger charge is 2.30. The van der Waals surface area contributed by atoms with Crippen LogP contribution in [0, 0.1) is 5.92 Å². The van der Waals surface area contributed by atoms with Crippen molar-refractivity contribution < 1.29 is 32.6 Å². The number of alkyl halides is 3. The van der Waals surface area contributed by atoms with E-state index in [-0.39, 0.29) is 28.9 Å². The van der Waals surface area contributed by atoms with Gasteiger partial charge in [0.15, 0.2) is 5.78 Å². The number of aromatic nitrogens is 2. The van der Waals surface area contributed by atoms with Crippen molar-refractivity contribution in [1.82, 2.24) is 15.1 Å². The van der Waals surface area contributed by atoms with Crippen molar-refractivity contribution in [2.75, 3.05) is 20.3 Å². The Hall–Kier alpha value is -4.18. The molecule has 0 saturated carbocycles. The van der Waals surface area contributed by atoms with Gasteiger partial charge in [0.2, 0.25) is 0 Å². The molecular formula is C33H36F3N3O4. The number of nitrogens with zero attached hydrogens (tertiary/aromatic N) is 2. The number of phenolic OH excluding ortho intramolecular Hbond substituents is 1. The van der Waals surface area contributed by atoms with E-state index in [0.29, 0.717) is 54.6 Å². The van der Waals surface area contributed by atoms with Crippen molar-refractivity contribution in [3.8, 4) is 16.9 Å². The van der Waals surface area contributed by atoms with Crippen LogP contribution in [-0.4, -0.2) is 46.8 Å². The summed E-state index contributed by atoms with van der Waals surface area (Å²) in [4.78, 5) is 25.3. The quantitative estimate of drug-likeness (QED) is 0.118. The predicted octanol–water partition coefficient (Wildman–Crippen LogP) is 7.27. The maximum absolute atomic E-state index is 12.9. The zero-order chi connectivity index (χ0) is 31.0. The highest BCUT2D eigenvalue weighted by molar-refractivity contribution is 6.02. The van der Waals surface area contributed by atoms with Crippen LogP contribution in [0.25, 0.3) is 22.0 Å². The monoisotopic (exact) mass is 595 g/mol. The van der Waals surface area contributed by atoms with Crippen LogP contribution in [0.5, 0.6) is 5.75 Å². The van der Waals surface area contributed by atoms with E-state index in [1.807, 2.05) is 0 Å². The van der Waals surface area contributed by atoms with Crippen LogP contribution in [0.15, 0.2) is 66.9 Å². The summed E-state index contributed by atoms with van der Waals surface area (Å²) in [5, 5.41) is 18.5. The van der Waals surface area contributed by atoms with E-state index in [4.69, 9.17) is 4.74 Å². The molecule has 0 aliphatic heterocycles. The number of halogens is 3. The number of methoxy groups -OCH3 is 1. The summed E-state index contributed by atoms with van der Waals surface area (Å²) in [5.41, 5.74) is 2.03. The topological polar surface area (TPSA) is 93.5 Å². The number of Topliss-reactive ketones (excluding diaryl/α,β-unsaturated/α-hetero) is 1. The second kappa shape index (κ2) is 14.3. The van der Waals surface area contributed by atoms with Crippen LogP contribution in [0.2, 0.25) is 0 Å². The molecule has 3 aromatic carbocycles. The number of hydrogen-bond donors (Lipinski definition) is 2. The third-order valence-corrected chi connectivity index (χ3v) is 7.46. The van der Waals surface area contributed by atoms with Gasteiger partial charge in [-0.15, -0.1) is 0 Å². The van der Waals surface area contributed by atoms with Gasteiger partial charge in [0.25, 0.3) is 5.91 Å². The van der Waals surface area contributed by atoms with Crippen LogP contribution in [0.4, 0.5) is 13.2 Å².